The lowest BCUT2D eigenvalue weighted by Gasteiger charge is -2.31. The van der Waals surface area contributed by atoms with Crippen LogP contribution in [-0.4, -0.2) is 11.9 Å². The Morgan fingerprint density at radius 1 is 1.33 bits per heavy atom. The van der Waals surface area contributed by atoms with Gasteiger partial charge in [-0.15, -0.1) is 0 Å². The van der Waals surface area contributed by atoms with Crippen molar-refractivity contribution in [3.8, 4) is 0 Å². The van der Waals surface area contributed by atoms with Gasteiger partial charge in [0.15, 0.2) is 0 Å². The van der Waals surface area contributed by atoms with Crippen molar-refractivity contribution < 1.29 is 4.79 Å². The highest BCUT2D eigenvalue weighted by Gasteiger charge is 2.42. The minimum atomic E-state index is 0.201. The number of amides is 1. The molecule has 1 aromatic rings. The fourth-order valence-corrected chi connectivity index (χ4v) is 4.70. The van der Waals surface area contributed by atoms with Crippen LogP contribution >= 0.6 is 22.6 Å². The zero-order valence-corrected chi connectivity index (χ0v) is 13.0. The van der Waals surface area contributed by atoms with E-state index >= 15 is 0 Å². The molecule has 1 saturated carbocycles. The summed E-state index contributed by atoms with van der Waals surface area (Å²) < 4.78 is 1.23. The predicted octanol–water partition coefficient (Wildman–Crippen LogP) is 3.99. The Labute approximate surface area is 122 Å². The number of hydrogen-bond donors (Lipinski definition) is 0. The van der Waals surface area contributed by atoms with Gasteiger partial charge < -0.3 is 4.90 Å². The van der Waals surface area contributed by atoms with Crippen LogP contribution in [0, 0.1) is 10.5 Å². The van der Waals surface area contributed by atoms with Gasteiger partial charge in [0.1, 0.15) is 0 Å². The zero-order chi connectivity index (χ0) is 12.9. The van der Waals surface area contributed by atoms with Crippen molar-refractivity contribution in [1.29, 1.82) is 0 Å². The average molecular weight is 355 g/mol. The second kappa shape index (κ2) is 4.51. The molecule has 3 rings (SSSR count). The second-order valence-corrected chi connectivity index (χ2v) is 6.69. The largest absolute Gasteiger partial charge is 0.308 e. The molecule has 2 atom stereocenters. The van der Waals surface area contributed by atoms with Crippen molar-refractivity contribution in [3.63, 3.8) is 0 Å². The number of hydrogen-bond acceptors (Lipinski definition) is 1. The molecule has 0 aromatic heterocycles. The van der Waals surface area contributed by atoms with E-state index in [-0.39, 0.29) is 5.91 Å². The van der Waals surface area contributed by atoms with E-state index in [9.17, 15) is 4.79 Å². The molecular formula is C15H18INO. The summed E-state index contributed by atoms with van der Waals surface area (Å²) in [4.78, 5) is 14.1. The normalized spacial score (nSPS) is 25.8. The standard InChI is InChI=1S/C15H18INO/c1-9-7-12-11-5-3-4-6-14(11)17(10(2)18)15(12)13(16)8-9/h7-8,11,14H,3-6H2,1-2H3/t11-,14-/m1/s1. The SMILES string of the molecule is CC(=O)N1c2c(I)cc(C)cc2[C@H]2CCCC[C@H]21. The van der Waals surface area contributed by atoms with Gasteiger partial charge >= 0.3 is 0 Å². The molecule has 0 saturated heterocycles. The van der Waals surface area contributed by atoms with Crippen LogP contribution in [0.2, 0.25) is 0 Å². The fourth-order valence-electron chi connectivity index (χ4n) is 3.64. The minimum Gasteiger partial charge on any atom is -0.308 e. The second-order valence-electron chi connectivity index (χ2n) is 5.53. The third kappa shape index (κ3) is 1.78. The van der Waals surface area contributed by atoms with Gasteiger partial charge in [0.2, 0.25) is 5.91 Å². The van der Waals surface area contributed by atoms with Crippen molar-refractivity contribution in [2.45, 2.75) is 51.5 Å². The molecule has 1 aromatic carbocycles. The van der Waals surface area contributed by atoms with Crippen LogP contribution in [0.15, 0.2) is 12.1 Å². The van der Waals surface area contributed by atoms with Gasteiger partial charge in [0.05, 0.1) is 5.69 Å². The molecule has 0 radical (unpaired) electrons. The molecule has 1 fully saturated rings. The van der Waals surface area contributed by atoms with Crippen molar-refractivity contribution in [2.75, 3.05) is 4.90 Å². The number of fused-ring (bicyclic) bond motifs is 3. The van der Waals surface area contributed by atoms with E-state index < -0.39 is 0 Å². The van der Waals surface area contributed by atoms with E-state index in [0.717, 1.165) is 6.42 Å². The third-order valence-corrected chi connectivity index (χ3v) is 5.10. The maximum atomic E-state index is 12.0. The average Bonchev–Trinajstić information content (AvgIpc) is 2.64. The van der Waals surface area contributed by atoms with E-state index in [2.05, 4.69) is 46.5 Å². The first-order chi connectivity index (χ1) is 8.59. The van der Waals surface area contributed by atoms with Gasteiger partial charge in [0.25, 0.3) is 0 Å². The molecule has 1 heterocycles. The number of carbonyl (C=O) groups excluding carboxylic acids is 1. The Morgan fingerprint density at radius 3 is 2.78 bits per heavy atom. The molecule has 0 bridgehead atoms. The predicted molar refractivity (Wildman–Crippen MR) is 82.1 cm³/mol. The van der Waals surface area contributed by atoms with Crippen LogP contribution in [0.25, 0.3) is 0 Å². The quantitative estimate of drug-likeness (QED) is 0.645. The summed E-state index contributed by atoms with van der Waals surface area (Å²) in [5.74, 6) is 0.776. The Bertz CT molecular complexity index is 511. The molecule has 3 heteroatoms. The van der Waals surface area contributed by atoms with Gasteiger partial charge in [-0.25, -0.2) is 0 Å². The van der Waals surface area contributed by atoms with E-state index in [0.29, 0.717) is 12.0 Å². The third-order valence-electron chi connectivity index (χ3n) is 4.28. The Morgan fingerprint density at radius 2 is 2.06 bits per heavy atom. The summed E-state index contributed by atoms with van der Waals surface area (Å²) in [6.45, 7) is 3.85. The van der Waals surface area contributed by atoms with E-state index in [1.165, 1.54) is 39.6 Å². The Kier molecular flexibility index (Phi) is 3.12. The summed E-state index contributed by atoms with van der Waals surface area (Å²) in [7, 11) is 0. The van der Waals surface area contributed by atoms with Crippen LogP contribution in [0.1, 0.15) is 49.7 Å². The number of halogens is 1. The van der Waals surface area contributed by atoms with Crippen molar-refractivity contribution in [3.05, 3.63) is 26.8 Å². The topological polar surface area (TPSA) is 20.3 Å². The monoisotopic (exact) mass is 355 g/mol. The molecule has 2 aliphatic rings. The molecule has 0 N–H and O–H groups in total. The first kappa shape index (κ1) is 12.5. The first-order valence-corrected chi connectivity index (χ1v) is 7.77. The number of nitrogens with zero attached hydrogens (tertiary/aromatic N) is 1. The Hall–Kier alpha value is -0.580. The summed E-state index contributed by atoms with van der Waals surface area (Å²) in [5, 5.41) is 0. The summed E-state index contributed by atoms with van der Waals surface area (Å²) in [6, 6.07) is 4.90. The van der Waals surface area contributed by atoms with Gasteiger partial charge in [0, 0.05) is 22.5 Å². The fraction of sp³-hybridized carbons (Fsp3) is 0.533. The van der Waals surface area contributed by atoms with Gasteiger partial charge in [-0.1, -0.05) is 18.9 Å². The lowest BCUT2D eigenvalue weighted by molar-refractivity contribution is -0.117. The van der Waals surface area contributed by atoms with Crippen molar-refractivity contribution in [2.24, 2.45) is 0 Å². The van der Waals surface area contributed by atoms with E-state index in [1.54, 1.807) is 6.92 Å². The minimum absolute atomic E-state index is 0.201. The maximum absolute atomic E-state index is 12.0. The van der Waals surface area contributed by atoms with Crippen LogP contribution in [-0.2, 0) is 4.79 Å². The van der Waals surface area contributed by atoms with Crippen molar-refractivity contribution in [1.82, 2.24) is 0 Å². The molecule has 1 amide bonds. The lowest BCUT2D eigenvalue weighted by Crippen LogP contribution is -2.39. The molecular weight excluding hydrogens is 337 g/mol. The number of carbonyl (C=O) groups is 1. The van der Waals surface area contributed by atoms with Crippen molar-refractivity contribution >= 4 is 34.2 Å². The van der Waals surface area contributed by atoms with Gasteiger partial charge in [-0.05, 0) is 59.5 Å². The molecule has 0 spiro atoms. The molecule has 96 valence electrons. The highest BCUT2D eigenvalue weighted by atomic mass is 127. The number of anilines is 1. The van der Waals surface area contributed by atoms with Crippen LogP contribution in [0.4, 0.5) is 5.69 Å². The lowest BCUT2D eigenvalue weighted by atomic mass is 9.82. The summed E-state index contributed by atoms with van der Waals surface area (Å²) in [5.41, 5.74) is 3.93. The number of aryl methyl sites for hydroxylation is 1. The highest BCUT2D eigenvalue weighted by molar-refractivity contribution is 14.1. The molecule has 0 unspecified atom stereocenters. The van der Waals surface area contributed by atoms with E-state index in [4.69, 9.17) is 0 Å². The highest BCUT2D eigenvalue weighted by Crippen LogP contribution is 2.49. The maximum Gasteiger partial charge on any atom is 0.224 e. The van der Waals surface area contributed by atoms with Gasteiger partial charge in [-0.2, -0.15) is 0 Å². The molecule has 1 aliphatic heterocycles. The first-order valence-electron chi connectivity index (χ1n) is 6.69. The van der Waals surface area contributed by atoms with Crippen LogP contribution < -0.4 is 4.90 Å². The zero-order valence-electron chi connectivity index (χ0n) is 10.9. The smallest absolute Gasteiger partial charge is 0.224 e. The van der Waals surface area contributed by atoms with E-state index in [1.807, 2.05) is 0 Å². The molecule has 1 aliphatic carbocycles. The Balaban J connectivity index is 2.18. The molecule has 2 nitrogen and oxygen atoms in total. The number of benzene rings is 1. The summed E-state index contributed by atoms with van der Waals surface area (Å²) in [6.07, 6.45) is 4.96. The van der Waals surface area contributed by atoms with Crippen LogP contribution in [0.3, 0.4) is 0 Å². The number of rotatable bonds is 0. The van der Waals surface area contributed by atoms with Gasteiger partial charge in [-0.3, -0.25) is 4.79 Å². The van der Waals surface area contributed by atoms with Crippen LogP contribution in [0.5, 0.6) is 0 Å². The molecule has 18 heavy (non-hydrogen) atoms. The summed E-state index contributed by atoms with van der Waals surface area (Å²) >= 11 is 2.38.